The van der Waals surface area contributed by atoms with Crippen molar-refractivity contribution in [2.45, 2.75) is 26.3 Å². The van der Waals surface area contributed by atoms with E-state index in [1.807, 2.05) is 0 Å². The van der Waals surface area contributed by atoms with Crippen molar-refractivity contribution in [1.82, 2.24) is 9.78 Å². The van der Waals surface area contributed by atoms with E-state index < -0.39 is 23.9 Å². The Morgan fingerprint density at radius 3 is 2.76 bits per heavy atom. The summed E-state index contributed by atoms with van der Waals surface area (Å²) in [7, 11) is 0. The van der Waals surface area contributed by atoms with Gasteiger partial charge in [-0.05, 0) is 24.6 Å². The number of carbonyl (C=O) groups is 1. The van der Waals surface area contributed by atoms with Crippen molar-refractivity contribution in [3.63, 3.8) is 0 Å². The Morgan fingerprint density at radius 2 is 2.03 bits per heavy atom. The van der Waals surface area contributed by atoms with Crippen LogP contribution < -0.4 is 10.3 Å². The summed E-state index contributed by atoms with van der Waals surface area (Å²) in [5.74, 6) is -1.42. The lowest BCUT2D eigenvalue weighted by Gasteiger charge is -2.09. The first-order chi connectivity index (χ1) is 14.0. The summed E-state index contributed by atoms with van der Waals surface area (Å²) in [4.78, 5) is 28.2. The van der Waals surface area contributed by atoms with E-state index in [4.69, 9.17) is 9.84 Å². The van der Waals surface area contributed by atoms with Crippen molar-refractivity contribution >= 4 is 28.1 Å². The predicted molar refractivity (Wildman–Crippen MR) is 106 cm³/mol. The van der Waals surface area contributed by atoms with Gasteiger partial charge in [0, 0.05) is 30.0 Å². The molecule has 148 valence electrons. The zero-order chi connectivity index (χ0) is 20.5. The molecule has 0 unspecified atom stereocenters. The molecule has 3 aromatic rings. The molecule has 1 aromatic heterocycles. The minimum atomic E-state index is -1.15. The van der Waals surface area contributed by atoms with Crippen molar-refractivity contribution < 1.29 is 19.0 Å². The van der Waals surface area contributed by atoms with E-state index >= 15 is 0 Å². The van der Waals surface area contributed by atoms with Crippen LogP contribution in [0.3, 0.4) is 0 Å². The molecule has 0 amide bonds. The zero-order valence-electron chi connectivity index (χ0n) is 15.7. The second kappa shape index (κ2) is 7.46. The smallest absolute Gasteiger partial charge is 0.325 e. The number of halogens is 1. The lowest BCUT2D eigenvalue weighted by atomic mass is 10.0. The summed E-state index contributed by atoms with van der Waals surface area (Å²) in [5, 5.41) is 14.4. The Balaban J connectivity index is 1.72. The molecule has 1 aliphatic heterocycles. The third-order valence-corrected chi connectivity index (χ3v) is 4.71. The van der Waals surface area contributed by atoms with Crippen LogP contribution in [0, 0.1) is 5.82 Å². The Labute approximate surface area is 165 Å². The van der Waals surface area contributed by atoms with Gasteiger partial charge in [0.25, 0.3) is 5.56 Å². The summed E-state index contributed by atoms with van der Waals surface area (Å²) < 4.78 is 20.4. The van der Waals surface area contributed by atoms with Gasteiger partial charge in [-0.15, -0.1) is 0 Å². The van der Waals surface area contributed by atoms with E-state index in [-0.39, 0.29) is 5.75 Å². The van der Waals surface area contributed by atoms with Crippen molar-refractivity contribution in [3.8, 4) is 5.75 Å². The molecule has 8 heteroatoms. The number of nitrogens with zero attached hydrogens (tertiary/aromatic N) is 3. The molecule has 1 aliphatic rings. The average Bonchev–Trinajstić information content (AvgIpc) is 3.06. The number of carboxylic acids is 1. The highest BCUT2D eigenvalue weighted by Crippen LogP contribution is 2.34. The van der Waals surface area contributed by atoms with E-state index in [0.29, 0.717) is 41.6 Å². The first kappa shape index (κ1) is 18.8. The number of aromatic nitrogens is 2. The predicted octanol–water partition coefficient (Wildman–Crippen LogP) is 2.89. The van der Waals surface area contributed by atoms with Crippen LogP contribution in [0.4, 0.5) is 10.1 Å². The molecule has 0 aliphatic carbocycles. The second-order valence-corrected chi connectivity index (χ2v) is 6.72. The van der Waals surface area contributed by atoms with Crippen LogP contribution in [0.25, 0.3) is 10.8 Å². The molecule has 7 nitrogen and oxygen atoms in total. The van der Waals surface area contributed by atoms with E-state index in [1.54, 1.807) is 37.3 Å². The van der Waals surface area contributed by atoms with E-state index in [1.165, 1.54) is 6.07 Å². The van der Waals surface area contributed by atoms with Gasteiger partial charge in [0.1, 0.15) is 6.54 Å². The Hall–Kier alpha value is -3.55. The van der Waals surface area contributed by atoms with Crippen LogP contribution in [0.15, 0.2) is 46.2 Å². The zero-order valence-corrected chi connectivity index (χ0v) is 15.7. The van der Waals surface area contributed by atoms with Gasteiger partial charge < -0.3 is 9.84 Å². The number of hydrogen-bond acceptors (Lipinski definition) is 5. The maximum absolute atomic E-state index is 14.1. The number of ether oxygens (including phenoxy) is 1. The first-order valence-electron chi connectivity index (χ1n) is 9.18. The number of carboxylic acid groups (broad SMARTS) is 1. The number of fused-ring (bicyclic) bond motifs is 2. The van der Waals surface area contributed by atoms with Gasteiger partial charge in [-0.3, -0.25) is 14.6 Å². The van der Waals surface area contributed by atoms with Gasteiger partial charge in [-0.2, -0.15) is 5.10 Å². The molecule has 29 heavy (non-hydrogen) atoms. The molecule has 2 heterocycles. The van der Waals surface area contributed by atoms with Crippen LogP contribution in [0.2, 0.25) is 0 Å². The number of hydrogen-bond donors (Lipinski definition) is 1. The van der Waals surface area contributed by atoms with Crippen LogP contribution in [0.1, 0.15) is 18.2 Å². The fourth-order valence-corrected chi connectivity index (χ4v) is 3.49. The van der Waals surface area contributed by atoms with Crippen LogP contribution in [0.5, 0.6) is 5.75 Å². The fraction of sp³-hybridized carbons (Fsp3) is 0.238. The highest BCUT2D eigenvalue weighted by atomic mass is 19.1. The summed E-state index contributed by atoms with van der Waals surface area (Å²) in [6.45, 7) is 1.61. The molecule has 0 spiro atoms. The molecule has 1 N–H and O–H groups in total. The highest BCUT2D eigenvalue weighted by Gasteiger charge is 2.21. The lowest BCUT2D eigenvalue weighted by Crippen LogP contribution is -2.28. The van der Waals surface area contributed by atoms with E-state index in [9.17, 15) is 14.0 Å². The number of benzene rings is 2. The van der Waals surface area contributed by atoms with Gasteiger partial charge in [-0.25, -0.2) is 9.07 Å². The minimum Gasteiger partial charge on any atom is -0.491 e. The van der Waals surface area contributed by atoms with Crippen molar-refractivity contribution in [2.24, 2.45) is 4.99 Å². The quantitative estimate of drug-likeness (QED) is 0.693. The molecule has 0 saturated heterocycles. The summed E-state index contributed by atoms with van der Waals surface area (Å²) >= 11 is 0. The molecular weight excluding hydrogens is 377 g/mol. The maximum Gasteiger partial charge on any atom is 0.325 e. The molecule has 0 fully saturated rings. The number of rotatable bonds is 6. The molecule has 0 bridgehead atoms. The first-order valence-corrected chi connectivity index (χ1v) is 9.18. The molecule has 2 aromatic carbocycles. The monoisotopic (exact) mass is 395 g/mol. The summed E-state index contributed by atoms with van der Waals surface area (Å²) in [6, 6.07) is 9.95. The van der Waals surface area contributed by atoms with E-state index in [2.05, 4.69) is 10.1 Å². The highest BCUT2D eigenvalue weighted by molar-refractivity contribution is 5.97. The lowest BCUT2D eigenvalue weighted by molar-refractivity contribution is -0.138. The van der Waals surface area contributed by atoms with Crippen LogP contribution in [-0.2, 0) is 24.2 Å². The maximum atomic E-state index is 14.1. The molecule has 4 rings (SSSR count). The standard InChI is InChI=1S/C21H18FN3O4/c1-2-29-19-10-17-12(8-16(19)22)7-13(23-17)9-18-14-5-3-4-6-15(14)21(28)25(24-18)11-20(26)27/h3-6,8,10H,2,7,9,11H2,1H3,(H,26,27). The summed E-state index contributed by atoms with van der Waals surface area (Å²) in [6.07, 6.45) is 0.771. The topological polar surface area (TPSA) is 93.8 Å². The third kappa shape index (κ3) is 3.61. The molecular formula is C21H18FN3O4. The number of aliphatic imine (C=N–C) groups is 1. The Morgan fingerprint density at radius 1 is 1.28 bits per heavy atom. The minimum absolute atomic E-state index is 0.162. The van der Waals surface area contributed by atoms with Crippen molar-refractivity contribution in [3.05, 3.63) is 63.8 Å². The average molecular weight is 395 g/mol. The van der Waals surface area contributed by atoms with Crippen molar-refractivity contribution in [2.75, 3.05) is 6.61 Å². The molecule has 0 saturated carbocycles. The van der Waals surface area contributed by atoms with Crippen molar-refractivity contribution in [1.29, 1.82) is 0 Å². The van der Waals surface area contributed by atoms with Gasteiger partial charge in [0.2, 0.25) is 0 Å². The molecule has 0 atom stereocenters. The second-order valence-electron chi connectivity index (χ2n) is 6.72. The van der Waals surface area contributed by atoms with Crippen LogP contribution >= 0.6 is 0 Å². The van der Waals surface area contributed by atoms with Gasteiger partial charge in [0.05, 0.1) is 23.4 Å². The normalized spacial score (nSPS) is 12.7. The SMILES string of the molecule is CCOc1cc2c(cc1F)CC(Cc1nn(CC(=O)O)c(=O)c3ccccc13)=N2. The fourth-order valence-electron chi connectivity index (χ4n) is 3.49. The Bertz CT molecular complexity index is 1220. The Kier molecular flexibility index (Phi) is 4.84. The largest absolute Gasteiger partial charge is 0.491 e. The van der Waals surface area contributed by atoms with Gasteiger partial charge in [-0.1, -0.05) is 18.2 Å². The molecule has 0 radical (unpaired) electrons. The van der Waals surface area contributed by atoms with E-state index in [0.717, 1.165) is 16.0 Å². The van der Waals surface area contributed by atoms with Gasteiger partial charge in [0.15, 0.2) is 11.6 Å². The van der Waals surface area contributed by atoms with Crippen LogP contribution in [-0.4, -0.2) is 33.2 Å². The number of aliphatic carboxylic acids is 1. The van der Waals surface area contributed by atoms with Gasteiger partial charge >= 0.3 is 5.97 Å². The third-order valence-electron chi connectivity index (χ3n) is 4.71. The summed E-state index contributed by atoms with van der Waals surface area (Å²) in [5.41, 5.74) is 2.26.